The summed E-state index contributed by atoms with van der Waals surface area (Å²) in [5, 5.41) is 2.69. The van der Waals surface area contributed by atoms with Crippen LogP contribution in [0.2, 0.25) is 0 Å². The minimum Gasteiger partial charge on any atom is -0.497 e. The summed E-state index contributed by atoms with van der Waals surface area (Å²) in [6, 6.07) is 13.9. The van der Waals surface area contributed by atoms with Gasteiger partial charge in [0.15, 0.2) is 0 Å². The predicted octanol–water partition coefficient (Wildman–Crippen LogP) is 3.42. The zero-order chi connectivity index (χ0) is 22.0. The van der Waals surface area contributed by atoms with Crippen molar-refractivity contribution in [3.63, 3.8) is 0 Å². The predicted molar refractivity (Wildman–Crippen MR) is 119 cm³/mol. The lowest BCUT2D eigenvalue weighted by atomic mass is 10.0. The second kappa shape index (κ2) is 8.63. The zero-order valence-corrected chi connectivity index (χ0v) is 17.7. The third-order valence-electron chi connectivity index (χ3n) is 5.56. The smallest absolute Gasteiger partial charge is 0.282 e. The first-order chi connectivity index (χ1) is 15.0. The van der Waals surface area contributed by atoms with Gasteiger partial charge in [-0.3, -0.25) is 14.4 Å². The zero-order valence-electron chi connectivity index (χ0n) is 17.7. The van der Waals surface area contributed by atoms with E-state index in [0.29, 0.717) is 34.0 Å². The Balaban J connectivity index is 1.73. The molecule has 0 saturated carbocycles. The van der Waals surface area contributed by atoms with Crippen LogP contribution in [-0.2, 0) is 14.4 Å². The summed E-state index contributed by atoms with van der Waals surface area (Å²) in [7, 11) is 1.59. The maximum Gasteiger partial charge on any atom is 0.282 e. The number of nitrogens with zero attached hydrogens (tertiary/aromatic N) is 2. The number of nitrogens with one attached hydrogen (secondary N) is 1. The van der Waals surface area contributed by atoms with Gasteiger partial charge >= 0.3 is 0 Å². The number of rotatable bonds is 5. The van der Waals surface area contributed by atoms with Gasteiger partial charge < -0.3 is 15.0 Å². The van der Waals surface area contributed by atoms with Crippen LogP contribution in [0.3, 0.4) is 0 Å². The van der Waals surface area contributed by atoms with E-state index in [-0.39, 0.29) is 17.7 Å². The lowest BCUT2D eigenvalue weighted by molar-refractivity contribution is -0.121. The van der Waals surface area contributed by atoms with Gasteiger partial charge in [0, 0.05) is 25.7 Å². The van der Waals surface area contributed by atoms with Crippen molar-refractivity contribution in [1.82, 2.24) is 4.90 Å². The highest BCUT2D eigenvalue weighted by Crippen LogP contribution is 2.36. The molecule has 2 aliphatic heterocycles. The van der Waals surface area contributed by atoms with Crippen LogP contribution >= 0.6 is 0 Å². The molecule has 2 aliphatic rings. The summed E-state index contributed by atoms with van der Waals surface area (Å²) >= 11 is 0. The Hall–Kier alpha value is -3.61. The van der Waals surface area contributed by atoms with Gasteiger partial charge in [0.2, 0.25) is 5.91 Å². The van der Waals surface area contributed by atoms with E-state index in [9.17, 15) is 14.4 Å². The molecule has 1 saturated heterocycles. The van der Waals surface area contributed by atoms with Gasteiger partial charge in [0.25, 0.3) is 11.8 Å². The average Bonchev–Trinajstić information content (AvgIpc) is 3.04. The Morgan fingerprint density at radius 3 is 2.13 bits per heavy atom. The maximum atomic E-state index is 13.5. The number of carbonyl (C=O) groups is 3. The first-order valence-electron chi connectivity index (χ1n) is 10.4. The molecule has 2 aromatic rings. The number of hydrogen-bond acceptors (Lipinski definition) is 5. The van der Waals surface area contributed by atoms with Crippen molar-refractivity contribution >= 4 is 34.7 Å². The highest BCUT2D eigenvalue weighted by atomic mass is 16.5. The number of benzene rings is 2. The van der Waals surface area contributed by atoms with Gasteiger partial charge in [-0.25, -0.2) is 4.90 Å². The van der Waals surface area contributed by atoms with Gasteiger partial charge in [-0.2, -0.15) is 0 Å². The second-order valence-electron chi connectivity index (χ2n) is 7.67. The third-order valence-corrected chi connectivity index (χ3v) is 5.56. The fourth-order valence-corrected chi connectivity index (χ4v) is 4.08. The molecule has 4 rings (SSSR count). The van der Waals surface area contributed by atoms with Gasteiger partial charge in [0.1, 0.15) is 11.4 Å². The van der Waals surface area contributed by atoms with Crippen LogP contribution in [0.5, 0.6) is 5.75 Å². The van der Waals surface area contributed by atoms with Crippen molar-refractivity contribution in [1.29, 1.82) is 0 Å². The van der Waals surface area contributed by atoms with E-state index in [2.05, 4.69) is 5.32 Å². The van der Waals surface area contributed by atoms with Crippen LogP contribution in [0, 0.1) is 0 Å². The van der Waals surface area contributed by atoms with Crippen molar-refractivity contribution < 1.29 is 19.1 Å². The molecule has 0 unspecified atom stereocenters. The lowest BCUT2D eigenvalue weighted by Gasteiger charge is -2.29. The number of hydrogen-bond donors (Lipinski definition) is 1. The number of methoxy groups -OCH3 is 1. The Labute approximate surface area is 181 Å². The molecular weight excluding hydrogens is 394 g/mol. The molecule has 31 heavy (non-hydrogen) atoms. The SMILES string of the molecule is COc1ccc(C2=C(N3CCCCC3)C(=O)N(c3ccc(NC(C)=O)cc3)C2=O)cc1. The van der Waals surface area contributed by atoms with E-state index in [0.717, 1.165) is 32.4 Å². The minimum absolute atomic E-state index is 0.183. The Bertz CT molecular complexity index is 1040. The molecule has 0 atom stereocenters. The molecule has 0 radical (unpaired) electrons. The minimum atomic E-state index is -0.344. The van der Waals surface area contributed by atoms with E-state index in [1.54, 1.807) is 43.5 Å². The third kappa shape index (κ3) is 4.03. The molecule has 7 nitrogen and oxygen atoms in total. The quantitative estimate of drug-likeness (QED) is 0.752. The summed E-state index contributed by atoms with van der Waals surface area (Å²) in [4.78, 5) is 41.5. The van der Waals surface area contributed by atoms with Crippen LogP contribution in [0.4, 0.5) is 11.4 Å². The van der Waals surface area contributed by atoms with Gasteiger partial charge in [-0.1, -0.05) is 12.1 Å². The standard InChI is InChI=1S/C24H25N3O4/c1-16(28)25-18-8-10-19(11-9-18)27-23(29)21(17-6-12-20(31-2)13-7-17)22(24(27)30)26-14-4-3-5-15-26/h6-13H,3-5,14-15H2,1-2H3,(H,25,28). The largest absolute Gasteiger partial charge is 0.497 e. The van der Waals surface area contributed by atoms with Crippen LogP contribution in [0.25, 0.3) is 5.57 Å². The molecule has 3 amide bonds. The van der Waals surface area contributed by atoms with Crippen molar-refractivity contribution in [2.75, 3.05) is 30.4 Å². The topological polar surface area (TPSA) is 79.0 Å². The summed E-state index contributed by atoms with van der Waals surface area (Å²) in [5.74, 6) is -0.156. The average molecular weight is 419 g/mol. The van der Waals surface area contributed by atoms with Crippen LogP contribution in [0.15, 0.2) is 54.2 Å². The molecule has 0 aliphatic carbocycles. The first kappa shape index (κ1) is 20.7. The number of anilines is 2. The molecule has 1 fully saturated rings. The van der Waals surface area contributed by atoms with Gasteiger partial charge in [-0.05, 0) is 61.2 Å². The van der Waals surface area contributed by atoms with E-state index in [1.807, 2.05) is 17.0 Å². The molecule has 0 aromatic heterocycles. The second-order valence-corrected chi connectivity index (χ2v) is 7.67. The molecule has 2 aromatic carbocycles. The van der Waals surface area contributed by atoms with Crippen LogP contribution in [-0.4, -0.2) is 42.8 Å². The number of amides is 3. The summed E-state index contributed by atoms with van der Waals surface area (Å²) < 4.78 is 5.23. The molecule has 1 N–H and O–H groups in total. The Kier molecular flexibility index (Phi) is 5.75. The fraction of sp³-hybridized carbons (Fsp3) is 0.292. The van der Waals surface area contributed by atoms with Crippen molar-refractivity contribution in [3.05, 3.63) is 59.8 Å². The van der Waals surface area contributed by atoms with E-state index in [1.165, 1.54) is 11.8 Å². The number of piperidine rings is 1. The van der Waals surface area contributed by atoms with Crippen molar-refractivity contribution in [2.45, 2.75) is 26.2 Å². The Morgan fingerprint density at radius 2 is 1.55 bits per heavy atom. The number of likely N-dealkylation sites (tertiary alicyclic amines) is 1. The van der Waals surface area contributed by atoms with Gasteiger partial charge in [-0.15, -0.1) is 0 Å². The maximum absolute atomic E-state index is 13.5. The van der Waals surface area contributed by atoms with Gasteiger partial charge in [0.05, 0.1) is 18.4 Å². The summed E-state index contributed by atoms with van der Waals surface area (Å²) in [6.45, 7) is 2.93. The summed E-state index contributed by atoms with van der Waals surface area (Å²) in [5.41, 5.74) is 2.65. The molecular formula is C24H25N3O4. The van der Waals surface area contributed by atoms with Crippen LogP contribution in [0.1, 0.15) is 31.7 Å². The highest BCUT2D eigenvalue weighted by molar-refractivity contribution is 6.45. The summed E-state index contributed by atoms with van der Waals surface area (Å²) in [6.07, 6.45) is 3.11. The first-order valence-corrected chi connectivity index (χ1v) is 10.4. The van der Waals surface area contributed by atoms with E-state index < -0.39 is 0 Å². The number of carbonyl (C=O) groups excluding carboxylic acids is 3. The Morgan fingerprint density at radius 1 is 0.903 bits per heavy atom. The number of imide groups is 1. The van der Waals surface area contributed by atoms with Crippen molar-refractivity contribution in [2.24, 2.45) is 0 Å². The fourth-order valence-electron chi connectivity index (χ4n) is 4.08. The van der Waals surface area contributed by atoms with Crippen LogP contribution < -0.4 is 15.0 Å². The molecule has 2 heterocycles. The lowest BCUT2D eigenvalue weighted by Crippen LogP contribution is -2.37. The molecule has 160 valence electrons. The van der Waals surface area contributed by atoms with Crippen molar-refractivity contribution in [3.8, 4) is 5.75 Å². The monoisotopic (exact) mass is 419 g/mol. The normalized spacial score (nSPS) is 16.7. The highest BCUT2D eigenvalue weighted by Gasteiger charge is 2.42. The van der Waals surface area contributed by atoms with E-state index >= 15 is 0 Å². The molecule has 0 spiro atoms. The molecule has 7 heteroatoms. The van der Waals surface area contributed by atoms with E-state index in [4.69, 9.17) is 4.74 Å². The number of ether oxygens (including phenoxy) is 1. The molecule has 0 bridgehead atoms.